The number of H-pyrrole nitrogens is 1. The molecule has 0 spiro atoms. The molecule has 1 amide bonds. The molecule has 0 unspecified atom stereocenters. The number of amides is 1. The van der Waals surface area contributed by atoms with E-state index in [1.54, 1.807) is 6.20 Å². The summed E-state index contributed by atoms with van der Waals surface area (Å²) in [5, 5.41) is 14.1. The number of aliphatic hydroxyl groups excluding tert-OH is 1. The molecular formula is C16H20N4O2. The third kappa shape index (κ3) is 1.90. The number of carbonyl (C=O) groups is 1. The molecular weight excluding hydrogens is 280 g/mol. The van der Waals surface area contributed by atoms with Gasteiger partial charge in [-0.25, -0.2) is 4.98 Å². The van der Waals surface area contributed by atoms with Gasteiger partial charge in [0.15, 0.2) is 0 Å². The van der Waals surface area contributed by atoms with Crippen molar-refractivity contribution in [2.45, 2.75) is 25.3 Å². The van der Waals surface area contributed by atoms with E-state index in [1.165, 1.54) is 19.0 Å². The largest absolute Gasteiger partial charge is 0.396 e. The first-order valence-corrected chi connectivity index (χ1v) is 7.82. The lowest BCUT2D eigenvalue weighted by Gasteiger charge is -2.32. The third-order valence-corrected chi connectivity index (χ3v) is 5.46. The summed E-state index contributed by atoms with van der Waals surface area (Å²) >= 11 is 0. The van der Waals surface area contributed by atoms with Crippen LogP contribution in [0.3, 0.4) is 0 Å². The summed E-state index contributed by atoms with van der Waals surface area (Å²) in [7, 11) is 0. The Hall–Kier alpha value is -2.08. The zero-order valence-corrected chi connectivity index (χ0v) is 12.2. The van der Waals surface area contributed by atoms with Crippen LogP contribution in [0.1, 0.15) is 29.6 Å². The smallest absolute Gasteiger partial charge is 0.252 e. The summed E-state index contributed by atoms with van der Waals surface area (Å²) in [5.74, 6) is 0.918. The molecule has 2 aromatic rings. The van der Waals surface area contributed by atoms with Gasteiger partial charge in [-0.3, -0.25) is 4.79 Å². The molecule has 6 nitrogen and oxygen atoms in total. The molecule has 2 fully saturated rings. The Morgan fingerprint density at radius 3 is 3.05 bits per heavy atom. The minimum Gasteiger partial charge on any atom is -0.396 e. The number of rotatable bonds is 4. The Bertz CT molecular complexity index is 726. The number of nitrogens with zero attached hydrogens (tertiary/aromatic N) is 1. The normalized spacial score (nSPS) is 30.0. The number of anilines is 1. The average Bonchev–Trinajstić information content (AvgIpc) is 3.22. The number of nitrogens with one attached hydrogen (secondary N) is 2. The van der Waals surface area contributed by atoms with Crippen molar-refractivity contribution in [1.29, 1.82) is 0 Å². The number of aromatic amines is 1. The molecule has 2 saturated carbocycles. The fraction of sp³-hybridized carbons (Fsp3) is 0.500. The van der Waals surface area contributed by atoms with E-state index in [4.69, 9.17) is 5.73 Å². The van der Waals surface area contributed by atoms with Gasteiger partial charge in [-0.1, -0.05) is 0 Å². The lowest BCUT2D eigenvalue weighted by atomic mass is 9.84. The first-order valence-electron chi connectivity index (χ1n) is 7.82. The van der Waals surface area contributed by atoms with Gasteiger partial charge in [0.05, 0.1) is 11.3 Å². The van der Waals surface area contributed by atoms with E-state index < -0.39 is 5.91 Å². The Morgan fingerprint density at radius 1 is 1.45 bits per heavy atom. The van der Waals surface area contributed by atoms with Crippen molar-refractivity contribution in [3.05, 3.63) is 24.0 Å². The lowest BCUT2D eigenvalue weighted by molar-refractivity contribution is 0.100. The highest BCUT2D eigenvalue weighted by atomic mass is 16.3. The third-order valence-electron chi connectivity index (χ3n) is 5.46. The van der Waals surface area contributed by atoms with E-state index in [-0.39, 0.29) is 18.6 Å². The van der Waals surface area contributed by atoms with Gasteiger partial charge < -0.3 is 21.1 Å². The van der Waals surface area contributed by atoms with Gasteiger partial charge in [-0.05, 0) is 37.2 Å². The van der Waals surface area contributed by atoms with Crippen molar-refractivity contribution < 1.29 is 9.90 Å². The van der Waals surface area contributed by atoms with Gasteiger partial charge in [0.1, 0.15) is 5.65 Å². The number of fused-ring (bicyclic) bond motifs is 3. The highest BCUT2D eigenvalue weighted by Gasteiger charge is 2.47. The summed E-state index contributed by atoms with van der Waals surface area (Å²) in [6.45, 7) is 0.187. The molecule has 0 saturated heterocycles. The monoisotopic (exact) mass is 300 g/mol. The average molecular weight is 300 g/mol. The summed E-state index contributed by atoms with van der Waals surface area (Å²) in [5.41, 5.74) is 7.40. The maximum absolute atomic E-state index is 11.8. The van der Waals surface area contributed by atoms with Gasteiger partial charge in [-0.15, -0.1) is 0 Å². The van der Waals surface area contributed by atoms with E-state index in [0.717, 1.165) is 23.1 Å². The van der Waals surface area contributed by atoms with Crippen LogP contribution in [0.15, 0.2) is 18.5 Å². The van der Waals surface area contributed by atoms with Crippen LogP contribution in [-0.2, 0) is 0 Å². The number of nitrogens with two attached hydrogens (primary N) is 1. The SMILES string of the molecule is NC(=O)c1cnc2[nH]ccc2c1N[C@H]1[C@H]2CC[C@H](C2)[C@H]1CO. The van der Waals surface area contributed by atoms with Crippen molar-refractivity contribution in [2.24, 2.45) is 23.5 Å². The number of hydrogen-bond donors (Lipinski definition) is 4. The number of primary amides is 1. The summed E-state index contributed by atoms with van der Waals surface area (Å²) < 4.78 is 0. The molecule has 4 rings (SSSR count). The summed E-state index contributed by atoms with van der Waals surface area (Å²) in [6.07, 6.45) is 6.87. The maximum atomic E-state index is 11.8. The van der Waals surface area contributed by atoms with E-state index >= 15 is 0 Å². The summed E-state index contributed by atoms with van der Waals surface area (Å²) in [4.78, 5) is 19.1. The molecule has 2 bridgehead atoms. The van der Waals surface area contributed by atoms with Crippen molar-refractivity contribution in [1.82, 2.24) is 9.97 Å². The number of aliphatic hydroxyl groups is 1. The van der Waals surface area contributed by atoms with Gasteiger partial charge in [0, 0.05) is 36.3 Å². The minimum atomic E-state index is -0.484. The second-order valence-electron chi connectivity index (χ2n) is 6.50. The predicted molar refractivity (Wildman–Crippen MR) is 83.4 cm³/mol. The van der Waals surface area contributed by atoms with Crippen LogP contribution in [0.5, 0.6) is 0 Å². The second-order valence-corrected chi connectivity index (χ2v) is 6.50. The van der Waals surface area contributed by atoms with Crippen LogP contribution in [0.25, 0.3) is 11.0 Å². The van der Waals surface area contributed by atoms with Crippen LogP contribution in [0, 0.1) is 17.8 Å². The van der Waals surface area contributed by atoms with Crippen LogP contribution >= 0.6 is 0 Å². The van der Waals surface area contributed by atoms with E-state index in [2.05, 4.69) is 15.3 Å². The van der Waals surface area contributed by atoms with Crippen LogP contribution in [0.2, 0.25) is 0 Å². The van der Waals surface area contributed by atoms with Crippen LogP contribution < -0.4 is 11.1 Å². The fourth-order valence-corrected chi connectivity index (χ4v) is 4.41. The van der Waals surface area contributed by atoms with Crippen molar-refractivity contribution >= 4 is 22.6 Å². The molecule has 2 aromatic heterocycles. The predicted octanol–water partition coefficient (Wildman–Crippen LogP) is 1.48. The molecule has 6 heteroatoms. The highest BCUT2D eigenvalue weighted by Crippen LogP contribution is 2.49. The molecule has 0 aromatic carbocycles. The van der Waals surface area contributed by atoms with Gasteiger partial charge in [0.25, 0.3) is 5.91 Å². The molecule has 5 N–H and O–H groups in total. The molecule has 116 valence electrons. The summed E-state index contributed by atoms with van der Waals surface area (Å²) in [6, 6.07) is 2.10. The molecule has 2 aliphatic carbocycles. The van der Waals surface area contributed by atoms with Crippen molar-refractivity contribution in [3.8, 4) is 0 Å². The molecule has 0 radical (unpaired) electrons. The minimum absolute atomic E-state index is 0.187. The molecule has 22 heavy (non-hydrogen) atoms. The number of hydrogen-bond acceptors (Lipinski definition) is 4. The standard InChI is InChI=1S/C16H20N4O2/c17-15(22)11-6-19-16-10(3-4-18-16)14(11)20-13-9-2-1-8(5-9)12(13)7-21/h3-4,6,8-9,12-13,21H,1-2,5,7H2,(H2,17,22)(H2,18,19,20)/t8-,9+,12-,13+/m1/s1. The Morgan fingerprint density at radius 2 is 2.27 bits per heavy atom. The Kier molecular flexibility index (Phi) is 3.07. The van der Waals surface area contributed by atoms with Gasteiger partial charge in [0.2, 0.25) is 0 Å². The Balaban J connectivity index is 1.75. The lowest BCUT2D eigenvalue weighted by Crippen LogP contribution is -2.37. The first-order chi connectivity index (χ1) is 10.7. The zero-order chi connectivity index (χ0) is 15.3. The van der Waals surface area contributed by atoms with E-state index in [0.29, 0.717) is 17.4 Å². The van der Waals surface area contributed by atoms with Gasteiger partial charge >= 0.3 is 0 Å². The second kappa shape index (κ2) is 4.98. The zero-order valence-electron chi connectivity index (χ0n) is 12.2. The molecule has 2 aliphatic rings. The molecule has 4 atom stereocenters. The van der Waals surface area contributed by atoms with E-state index in [1.807, 2.05) is 6.07 Å². The van der Waals surface area contributed by atoms with Crippen molar-refractivity contribution in [2.75, 3.05) is 11.9 Å². The molecule has 0 aliphatic heterocycles. The van der Waals surface area contributed by atoms with E-state index in [9.17, 15) is 9.90 Å². The number of aromatic nitrogens is 2. The molecule has 2 heterocycles. The quantitative estimate of drug-likeness (QED) is 0.686. The van der Waals surface area contributed by atoms with Crippen LogP contribution in [0.4, 0.5) is 5.69 Å². The number of carbonyl (C=O) groups excluding carboxylic acids is 1. The highest BCUT2D eigenvalue weighted by molar-refractivity contribution is 6.06. The van der Waals surface area contributed by atoms with Gasteiger partial charge in [-0.2, -0.15) is 0 Å². The fourth-order valence-electron chi connectivity index (χ4n) is 4.41. The van der Waals surface area contributed by atoms with Crippen molar-refractivity contribution in [3.63, 3.8) is 0 Å². The first kappa shape index (κ1) is 13.6. The topological polar surface area (TPSA) is 104 Å². The van der Waals surface area contributed by atoms with Crippen LogP contribution in [-0.4, -0.2) is 33.6 Å². The number of pyridine rings is 1. The Labute approximate surface area is 128 Å². The maximum Gasteiger partial charge on any atom is 0.252 e.